The minimum atomic E-state index is -0.915. The average Bonchev–Trinajstić information content (AvgIpc) is 2.91. The van der Waals surface area contributed by atoms with E-state index in [2.05, 4.69) is 31.3 Å². The van der Waals surface area contributed by atoms with E-state index >= 15 is 0 Å². The van der Waals surface area contributed by atoms with Gasteiger partial charge in [0.05, 0.1) is 22.8 Å². The third kappa shape index (κ3) is 6.21. The van der Waals surface area contributed by atoms with E-state index in [1.165, 1.54) is 37.5 Å². The molecular formula is C28H22BrN3O7. The van der Waals surface area contributed by atoms with E-state index in [0.29, 0.717) is 21.5 Å². The quantitative estimate of drug-likeness (QED) is 0.239. The molecule has 0 aromatic heterocycles. The summed E-state index contributed by atoms with van der Waals surface area (Å²) >= 11 is 3.38. The molecule has 39 heavy (non-hydrogen) atoms. The predicted molar refractivity (Wildman–Crippen MR) is 146 cm³/mol. The Hall–Kier alpha value is -4.77. The van der Waals surface area contributed by atoms with Gasteiger partial charge in [0.1, 0.15) is 11.3 Å². The van der Waals surface area contributed by atoms with Crippen LogP contribution in [0.1, 0.15) is 21.5 Å². The van der Waals surface area contributed by atoms with Crippen LogP contribution < -0.4 is 20.3 Å². The van der Waals surface area contributed by atoms with Gasteiger partial charge in [-0.15, -0.1) is 0 Å². The predicted octanol–water partition coefficient (Wildman–Crippen LogP) is 4.23. The maximum atomic E-state index is 13.1. The van der Waals surface area contributed by atoms with E-state index in [1.807, 2.05) is 25.1 Å². The molecule has 0 bridgehead atoms. The number of nitrogens with one attached hydrogen (secondary N) is 2. The number of methoxy groups -OCH3 is 1. The molecule has 3 aromatic rings. The van der Waals surface area contributed by atoms with Crippen molar-refractivity contribution >= 4 is 63.1 Å². The summed E-state index contributed by atoms with van der Waals surface area (Å²) in [5.74, 6) is -2.22. The number of para-hydroxylation sites is 1. The molecule has 1 aliphatic heterocycles. The second-order valence-electron chi connectivity index (χ2n) is 8.34. The average molecular weight is 592 g/mol. The van der Waals surface area contributed by atoms with Gasteiger partial charge in [-0.05, 0) is 82.5 Å². The van der Waals surface area contributed by atoms with E-state index in [1.54, 1.807) is 24.3 Å². The Kier molecular flexibility index (Phi) is 8.21. The van der Waals surface area contributed by atoms with Gasteiger partial charge in [-0.3, -0.25) is 19.7 Å². The Bertz CT molecular complexity index is 1520. The highest BCUT2D eigenvalue weighted by Gasteiger charge is 2.36. The van der Waals surface area contributed by atoms with E-state index in [9.17, 15) is 24.0 Å². The number of amides is 5. The van der Waals surface area contributed by atoms with E-state index in [4.69, 9.17) is 4.74 Å². The van der Waals surface area contributed by atoms with Gasteiger partial charge in [0.2, 0.25) is 0 Å². The zero-order chi connectivity index (χ0) is 28.1. The topological polar surface area (TPSA) is 131 Å². The smallest absolute Gasteiger partial charge is 0.337 e. The van der Waals surface area contributed by atoms with Crippen LogP contribution in [0.2, 0.25) is 0 Å². The van der Waals surface area contributed by atoms with Gasteiger partial charge in [-0.1, -0.05) is 24.3 Å². The second kappa shape index (κ2) is 11.7. The van der Waals surface area contributed by atoms with Crippen LogP contribution in [-0.2, 0) is 19.1 Å². The fourth-order valence-corrected chi connectivity index (χ4v) is 4.20. The molecule has 5 amide bonds. The van der Waals surface area contributed by atoms with Gasteiger partial charge in [0.25, 0.3) is 17.7 Å². The number of carbonyl (C=O) groups is 5. The molecule has 11 heteroatoms. The third-order valence-corrected chi connectivity index (χ3v) is 6.31. The molecule has 0 atom stereocenters. The number of nitrogens with zero attached hydrogens (tertiary/aromatic N) is 1. The largest absolute Gasteiger partial charge is 0.483 e. The summed E-state index contributed by atoms with van der Waals surface area (Å²) in [5, 5.41) is 4.93. The highest BCUT2D eigenvalue weighted by Crippen LogP contribution is 2.28. The molecule has 0 radical (unpaired) electrons. The first kappa shape index (κ1) is 27.3. The molecule has 3 aromatic carbocycles. The van der Waals surface area contributed by atoms with Crippen LogP contribution >= 0.6 is 15.9 Å². The first-order valence-corrected chi connectivity index (χ1v) is 12.3. The maximum Gasteiger partial charge on any atom is 0.337 e. The number of barbiturate groups is 1. The number of hydrogen-bond donors (Lipinski definition) is 2. The molecule has 0 aliphatic carbocycles. The van der Waals surface area contributed by atoms with Gasteiger partial charge in [0.15, 0.2) is 6.61 Å². The lowest BCUT2D eigenvalue weighted by Crippen LogP contribution is -2.54. The van der Waals surface area contributed by atoms with Crippen molar-refractivity contribution in [3.05, 3.63) is 93.5 Å². The van der Waals surface area contributed by atoms with Crippen molar-refractivity contribution in [2.75, 3.05) is 23.9 Å². The van der Waals surface area contributed by atoms with Gasteiger partial charge >= 0.3 is 12.0 Å². The SMILES string of the molecule is COC(=O)c1ccc(N2C(=O)NC(=O)/C(=C/c3ccc(OCC(=O)Nc4ccccc4C)c(Br)c3)C2=O)cc1. The van der Waals surface area contributed by atoms with Crippen LogP contribution in [0.5, 0.6) is 5.75 Å². The van der Waals surface area contributed by atoms with Crippen LogP contribution in [0.25, 0.3) is 6.08 Å². The van der Waals surface area contributed by atoms with Crippen molar-refractivity contribution < 1.29 is 33.4 Å². The summed E-state index contributed by atoms with van der Waals surface area (Å²) in [4.78, 5) is 62.8. The van der Waals surface area contributed by atoms with Gasteiger partial charge in [-0.25, -0.2) is 14.5 Å². The summed E-state index contributed by atoms with van der Waals surface area (Å²) < 4.78 is 10.7. The lowest BCUT2D eigenvalue weighted by atomic mass is 10.1. The Labute approximate surface area is 231 Å². The zero-order valence-electron chi connectivity index (χ0n) is 20.8. The summed E-state index contributed by atoms with van der Waals surface area (Å²) in [6.07, 6.45) is 1.33. The molecule has 4 rings (SSSR count). The Morgan fingerprint density at radius 1 is 1.03 bits per heavy atom. The van der Waals surface area contributed by atoms with E-state index < -0.39 is 23.8 Å². The van der Waals surface area contributed by atoms with Gasteiger partial charge in [-0.2, -0.15) is 0 Å². The number of halogens is 1. The standard InChI is InChI=1S/C28H22BrN3O7/c1-16-5-3-4-6-22(16)30-24(33)15-39-23-12-7-17(14-21(23)29)13-20-25(34)31-28(37)32(26(20)35)19-10-8-18(9-11-19)27(36)38-2/h3-14H,15H2,1-2H3,(H,30,33)(H,31,34,37)/b20-13-. The molecule has 1 fully saturated rings. The van der Waals surface area contributed by atoms with Crippen molar-refractivity contribution in [3.63, 3.8) is 0 Å². The summed E-state index contributed by atoms with van der Waals surface area (Å²) in [6.45, 7) is 1.65. The maximum absolute atomic E-state index is 13.1. The molecule has 1 heterocycles. The van der Waals surface area contributed by atoms with Crippen molar-refractivity contribution in [2.24, 2.45) is 0 Å². The number of carbonyl (C=O) groups excluding carboxylic acids is 5. The molecule has 2 N–H and O–H groups in total. The number of imide groups is 2. The molecule has 0 spiro atoms. The Morgan fingerprint density at radius 3 is 2.41 bits per heavy atom. The van der Waals surface area contributed by atoms with Crippen LogP contribution in [0.4, 0.5) is 16.2 Å². The molecule has 0 unspecified atom stereocenters. The van der Waals surface area contributed by atoms with E-state index in [0.717, 1.165) is 10.5 Å². The molecule has 0 saturated carbocycles. The minimum absolute atomic E-state index is 0.164. The first-order chi connectivity index (χ1) is 18.7. The zero-order valence-corrected chi connectivity index (χ0v) is 22.4. The number of urea groups is 1. The Morgan fingerprint density at radius 2 is 1.74 bits per heavy atom. The number of aryl methyl sites for hydroxylation is 1. The van der Waals surface area contributed by atoms with Gasteiger partial charge in [0, 0.05) is 5.69 Å². The molecule has 1 saturated heterocycles. The normalized spacial score (nSPS) is 14.2. The van der Waals surface area contributed by atoms with Crippen LogP contribution in [-0.4, -0.2) is 43.4 Å². The van der Waals surface area contributed by atoms with Crippen molar-refractivity contribution in [3.8, 4) is 5.75 Å². The third-order valence-electron chi connectivity index (χ3n) is 5.69. The lowest BCUT2D eigenvalue weighted by Gasteiger charge is -2.26. The number of rotatable bonds is 7. The molecular weight excluding hydrogens is 570 g/mol. The fourth-order valence-electron chi connectivity index (χ4n) is 3.69. The molecule has 1 aliphatic rings. The highest BCUT2D eigenvalue weighted by molar-refractivity contribution is 9.10. The second-order valence-corrected chi connectivity index (χ2v) is 9.19. The van der Waals surface area contributed by atoms with Gasteiger partial charge < -0.3 is 14.8 Å². The number of ether oxygens (including phenoxy) is 2. The molecule has 10 nitrogen and oxygen atoms in total. The van der Waals surface area contributed by atoms with Crippen molar-refractivity contribution in [1.82, 2.24) is 5.32 Å². The Balaban J connectivity index is 1.48. The molecule has 198 valence electrons. The summed E-state index contributed by atoms with van der Waals surface area (Å²) in [7, 11) is 1.24. The van der Waals surface area contributed by atoms with E-state index in [-0.39, 0.29) is 29.3 Å². The lowest BCUT2D eigenvalue weighted by molar-refractivity contribution is -0.122. The number of hydrogen-bond acceptors (Lipinski definition) is 7. The number of benzene rings is 3. The minimum Gasteiger partial charge on any atom is -0.483 e. The van der Waals surface area contributed by atoms with Crippen LogP contribution in [0.15, 0.2) is 76.8 Å². The number of esters is 1. The highest BCUT2D eigenvalue weighted by atomic mass is 79.9. The number of anilines is 2. The van der Waals surface area contributed by atoms with Crippen LogP contribution in [0.3, 0.4) is 0 Å². The van der Waals surface area contributed by atoms with Crippen molar-refractivity contribution in [2.45, 2.75) is 6.92 Å². The van der Waals surface area contributed by atoms with Crippen molar-refractivity contribution in [1.29, 1.82) is 0 Å². The fraction of sp³-hybridized carbons (Fsp3) is 0.107. The van der Waals surface area contributed by atoms with Crippen LogP contribution in [0, 0.1) is 6.92 Å². The summed E-state index contributed by atoms with van der Waals surface area (Å²) in [6, 6.07) is 16.8. The monoisotopic (exact) mass is 591 g/mol. The summed E-state index contributed by atoms with van der Waals surface area (Å²) in [5.41, 5.74) is 2.20. The first-order valence-electron chi connectivity index (χ1n) is 11.6.